The van der Waals surface area contributed by atoms with E-state index in [9.17, 15) is 9.59 Å². The van der Waals surface area contributed by atoms with Gasteiger partial charge in [-0.1, -0.05) is 12.1 Å². The highest BCUT2D eigenvalue weighted by atomic mass is 16.5. The second kappa shape index (κ2) is 7.33. The van der Waals surface area contributed by atoms with Gasteiger partial charge in [0.2, 0.25) is 5.91 Å². The predicted molar refractivity (Wildman–Crippen MR) is 87.9 cm³/mol. The van der Waals surface area contributed by atoms with E-state index in [1.165, 1.54) is 4.90 Å². The summed E-state index contributed by atoms with van der Waals surface area (Å²) in [5.41, 5.74) is 1.07. The number of aromatic nitrogens is 2. The quantitative estimate of drug-likeness (QED) is 0.878. The van der Waals surface area contributed by atoms with Gasteiger partial charge < -0.3 is 19.5 Å². The highest BCUT2D eigenvalue weighted by Gasteiger charge is 2.33. The molecule has 2 aromatic rings. The summed E-state index contributed by atoms with van der Waals surface area (Å²) in [6.07, 6.45) is 2.17. The van der Waals surface area contributed by atoms with Gasteiger partial charge in [-0.25, -0.2) is 0 Å². The number of nitrogens with zero attached hydrogens (tertiary/aromatic N) is 3. The fourth-order valence-electron chi connectivity index (χ4n) is 2.69. The average molecular weight is 344 g/mol. The number of amides is 2. The Morgan fingerprint density at radius 3 is 3.04 bits per heavy atom. The van der Waals surface area contributed by atoms with Crippen LogP contribution in [0.2, 0.25) is 0 Å². The zero-order chi connectivity index (χ0) is 17.8. The summed E-state index contributed by atoms with van der Waals surface area (Å²) < 4.78 is 10.7. The van der Waals surface area contributed by atoms with Crippen molar-refractivity contribution in [2.45, 2.75) is 32.9 Å². The fraction of sp³-hybridized carbons (Fsp3) is 0.412. The monoisotopic (exact) mass is 344 g/mol. The number of carbonyl (C=O) groups is 2. The first-order valence-electron chi connectivity index (χ1n) is 8.18. The minimum absolute atomic E-state index is 0.138. The number of ether oxygens (including phenoxy) is 1. The number of piperazine rings is 1. The average Bonchev–Trinajstić information content (AvgIpc) is 3.09. The van der Waals surface area contributed by atoms with Crippen molar-refractivity contribution in [3.05, 3.63) is 41.5 Å². The minimum Gasteiger partial charge on any atom is -0.484 e. The topological polar surface area (TPSA) is 97.6 Å². The van der Waals surface area contributed by atoms with Crippen LogP contribution in [0.25, 0.3) is 0 Å². The van der Waals surface area contributed by atoms with Gasteiger partial charge in [0.1, 0.15) is 18.4 Å². The second-order valence-electron chi connectivity index (χ2n) is 5.82. The molecule has 1 atom stereocenters. The molecular weight excluding hydrogens is 324 g/mol. The van der Waals surface area contributed by atoms with Crippen LogP contribution in [0.3, 0.4) is 0 Å². The van der Waals surface area contributed by atoms with Crippen molar-refractivity contribution in [3.8, 4) is 5.75 Å². The van der Waals surface area contributed by atoms with Gasteiger partial charge in [-0.2, -0.15) is 0 Å². The predicted octanol–water partition coefficient (Wildman–Crippen LogP) is 1.31. The number of rotatable bonds is 5. The summed E-state index contributed by atoms with van der Waals surface area (Å²) in [6.45, 7) is 4.80. The number of hydrogen-bond donors (Lipinski definition) is 1. The molecule has 1 saturated heterocycles. The Kier molecular flexibility index (Phi) is 4.97. The zero-order valence-electron chi connectivity index (χ0n) is 14.2. The summed E-state index contributed by atoms with van der Waals surface area (Å²) in [5.74, 6) is 0.585. The van der Waals surface area contributed by atoms with E-state index < -0.39 is 6.04 Å². The van der Waals surface area contributed by atoms with Crippen LogP contribution >= 0.6 is 0 Å². The lowest BCUT2D eigenvalue weighted by Crippen LogP contribution is -2.56. The smallest absolute Gasteiger partial charge is 0.276 e. The van der Waals surface area contributed by atoms with Crippen LogP contribution in [0, 0.1) is 6.92 Å². The lowest BCUT2D eigenvalue weighted by atomic mass is 10.1. The Labute approximate surface area is 145 Å². The van der Waals surface area contributed by atoms with Gasteiger partial charge in [0.25, 0.3) is 5.91 Å². The molecule has 25 heavy (non-hydrogen) atoms. The van der Waals surface area contributed by atoms with Crippen LogP contribution < -0.4 is 10.1 Å². The second-order valence-corrected chi connectivity index (χ2v) is 5.82. The van der Waals surface area contributed by atoms with Gasteiger partial charge >= 0.3 is 0 Å². The van der Waals surface area contributed by atoms with Crippen molar-refractivity contribution < 1.29 is 18.8 Å². The van der Waals surface area contributed by atoms with Crippen LogP contribution in [0.5, 0.6) is 5.75 Å². The molecule has 0 spiro atoms. The minimum atomic E-state index is -0.476. The van der Waals surface area contributed by atoms with Crippen LogP contribution in [0.1, 0.15) is 35.3 Å². The van der Waals surface area contributed by atoms with Gasteiger partial charge in [0.15, 0.2) is 11.5 Å². The molecular formula is C17H20N4O4. The van der Waals surface area contributed by atoms with Crippen LogP contribution in [0.15, 0.2) is 28.9 Å². The Bertz CT molecular complexity index is 756. The van der Waals surface area contributed by atoms with E-state index in [0.717, 1.165) is 5.69 Å². The molecule has 1 unspecified atom stereocenters. The molecule has 0 aliphatic carbocycles. The SMILES string of the molecule is CCC1C(=O)NCCN1C(=O)c1cc(COc2ccc(C)nc2)on1. The highest BCUT2D eigenvalue weighted by Crippen LogP contribution is 2.16. The third-order valence-electron chi connectivity index (χ3n) is 4.02. The molecule has 0 saturated carbocycles. The maximum Gasteiger partial charge on any atom is 0.276 e. The maximum absolute atomic E-state index is 12.6. The van der Waals surface area contributed by atoms with E-state index in [1.807, 2.05) is 26.0 Å². The molecule has 1 aliphatic rings. The maximum atomic E-state index is 12.6. The standard InChI is InChI=1S/C17H20N4O4/c1-3-15-16(22)18-6-7-21(15)17(23)14-8-13(25-20-14)10-24-12-5-4-11(2)19-9-12/h4-5,8-9,15H,3,6-7,10H2,1-2H3,(H,18,22). The number of pyridine rings is 1. The van der Waals surface area contributed by atoms with Crippen LogP contribution in [-0.4, -0.2) is 46.0 Å². The van der Waals surface area contributed by atoms with Gasteiger partial charge in [0.05, 0.1) is 6.20 Å². The summed E-state index contributed by atoms with van der Waals surface area (Å²) in [7, 11) is 0. The molecule has 3 heterocycles. The number of hydrogen-bond acceptors (Lipinski definition) is 6. The molecule has 1 aliphatic heterocycles. The Morgan fingerprint density at radius 2 is 2.32 bits per heavy atom. The Balaban J connectivity index is 1.65. The summed E-state index contributed by atoms with van der Waals surface area (Å²) in [4.78, 5) is 30.2. The van der Waals surface area contributed by atoms with Crippen molar-refractivity contribution in [3.63, 3.8) is 0 Å². The molecule has 8 nitrogen and oxygen atoms in total. The zero-order valence-corrected chi connectivity index (χ0v) is 14.2. The highest BCUT2D eigenvalue weighted by molar-refractivity contribution is 5.96. The van der Waals surface area contributed by atoms with E-state index in [2.05, 4.69) is 15.5 Å². The number of nitrogens with one attached hydrogen (secondary N) is 1. The lowest BCUT2D eigenvalue weighted by Gasteiger charge is -2.33. The molecule has 0 bridgehead atoms. The molecule has 2 aromatic heterocycles. The first-order chi connectivity index (χ1) is 12.1. The molecule has 1 fully saturated rings. The molecule has 0 aromatic carbocycles. The van der Waals surface area contributed by atoms with Crippen molar-refractivity contribution in [1.29, 1.82) is 0 Å². The third kappa shape index (κ3) is 3.78. The first kappa shape index (κ1) is 16.9. The molecule has 1 N–H and O–H groups in total. The van der Waals surface area contributed by atoms with E-state index >= 15 is 0 Å². The van der Waals surface area contributed by atoms with Crippen molar-refractivity contribution in [2.75, 3.05) is 13.1 Å². The van der Waals surface area contributed by atoms with Crippen LogP contribution in [0.4, 0.5) is 0 Å². The van der Waals surface area contributed by atoms with Crippen LogP contribution in [-0.2, 0) is 11.4 Å². The third-order valence-corrected chi connectivity index (χ3v) is 4.02. The Hall–Kier alpha value is -2.90. The Morgan fingerprint density at radius 1 is 1.48 bits per heavy atom. The molecule has 132 valence electrons. The first-order valence-corrected chi connectivity index (χ1v) is 8.18. The molecule has 8 heteroatoms. The fourth-order valence-corrected chi connectivity index (χ4v) is 2.69. The normalized spacial score (nSPS) is 17.3. The summed E-state index contributed by atoms with van der Waals surface area (Å²) >= 11 is 0. The van der Waals surface area contributed by atoms with E-state index in [0.29, 0.717) is 31.0 Å². The largest absolute Gasteiger partial charge is 0.484 e. The van der Waals surface area contributed by atoms with Gasteiger partial charge in [-0.3, -0.25) is 14.6 Å². The molecule has 2 amide bonds. The van der Waals surface area contributed by atoms with Gasteiger partial charge in [-0.15, -0.1) is 0 Å². The van der Waals surface area contributed by atoms with Crippen molar-refractivity contribution in [1.82, 2.24) is 20.4 Å². The van der Waals surface area contributed by atoms with E-state index in [1.54, 1.807) is 12.3 Å². The summed E-state index contributed by atoms with van der Waals surface area (Å²) in [5, 5.41) is 6.58. The molecule has 3 rings (SSSR count). The number of carbonyl (C=O) groups excluding carboxylic acids is 2. The number of aryl methyl sites for hydroxylation is 1. The van der Waals surface area contributed by atoms with Crippen molar-refractivity contribution in [2.24, 2.45) is 0 Å². The van der Waals surface area contributed by atoms with Gasteiger partial charge in [0, 0.05) is 24.8 Å². The lowest BCUT2D eigenvalue weighted by molar-refractivity contribution is -0.127. The van der Waals surface area contributed by atoms with E-state index in [4.69, 9.17) is 9.26 Å². The van der Waals surface area contributed by atoms with Gasteiger partial charge in [-0.05, 0) is 25.5 Å². The van der Waals surface area contributed by atoms with E-state index in [-0.39, 0.29) is 24.1 Å². The van der Waals surface area contributed by atoms with Crippen molar-refractivity contribution >= 4 is 11.8 Å². The summed E-state index contributed by atoms with van der Waals surface area (Å²) in [6, 6.07) is 4.72. The molecule has 0 radical (unpaired) electrons.